The molecule has 0 bridgehead atoms. The van der Waals surface area contributed by atoms with Crippen LogP contribution in [0.25, 0.3) is 6.08 Å². The van der Waals surface area contributed by atoms with Gasteiger partial charge in [0.2, 0.25) is 5.78 Å². The fourth-order valence-corrected chi connectivity index (χ4v) is 1.78. The molecule has 0 aromatic heterocycles. The molecule has 0 aliphatic heterocycles. The van der Waals surface area contributed by atoms with Crippen LogP contribution in [0.1, 0.15) is 15.9 Å². The van der Waals surface area contributed by atoms with Crippen LogP contribution in [0.5, 0.6) is 11.5 Å². The first-order valence-electron chi connectivity index (χ1n) is 6.23. The lowest BCUT2D eigenvalue weighted by molar-refractivity contribution is 0.104. The van der Waals surface area contributed by atoms with Crippen LogP contribution in [0.4, 0.5) is 0 Å². The lowest BCUT2D eigenvalue weighted by Gasteiger charge is -2.02. The SMILES string of the molecule is COc1ccc(C(=O)/C(C#N)=C/c2ccc(O)cc2)cc1. The van der Waals surface area contributed by atoms with E-state index in [1.807, 2.05) is 6.07 Å². The highest BCUT2D eigenvalue weighted by Crippen LogP contribution is 2.17. The summed E-state index contributed by atoms with van der Waals surface area (Å²) in [6.45, 7) is 0. The monoisotopic (exact) mass is 279 g/mol. The number of benzene rings is 2. The molecule has 2 aromatic rings. The van der Waals surface area contributed by atoms with Gasteiger partial charge in [-0.3, -0.25) is 4.79 Å². The highest BCUT2D eigenvalue weighted by Gasteiger charge is 2.12. The largest absolute Gasteiger partial charge is 0.508 e. The molecule has 0 spiro atoms. The zero-order chi connectivity index (χ0) is 15.2. The van der Waals surface area contributed by atoms with Crippen molar-refractivity contribution in [3.05, 3.63) is 65.2 Å². The Morgan fingerprint density at radius 2 is 1.76 bits per heavy atom. The molecule has 0 fully saturated rings. The Kier molecular flexibility index (Phi) is 4.37. The maximum Gasteiger partial charge on any atom is 0.203 e. The molecule has 104 valence electrons. The summed E-state index contributed by atoms with van der Waals surface area (Å²) in [6.07, 6.45) is 1.49. The first-order valence-corrected chi connectivity index (χ1v) is 6.23. The van der Waals surface area contributed by atoms with Gasteiger partial charge in [-0.05, 0) is 48.0 Å². The molecule has 0 aliphatic rings. The number of ketones is 1. The number of carbonyl (C=O) groups excluding carboxylic acids is 1. The molecule has 1 N–H and O–H groups in total. The summed E-state index contributed by atoms with van der Waals surface area (Å²) in [4.78, 5) is 12.3. The van der Waals surface area contributed by atoms with Crippen LogP contribution >= 0.6 is 0 Å². The maximum absolute atomic E-state index is 12.3. The maximum atomic E-state index is 12.3. The van der Waals surface area contributed by atoms with Crippen molar-refractivity contribution in [3.63, 3.8) is 0 Å². The zero-order valence-electron chi connectivity index (χ0n) is 11.4. The molecule has 2 rings (SSSR count). The summed E-state index contributed by atoms with van der Waals surface area (Å²) in [6, 6.07) is 14.7. The predicted octanol–water partition coefficient (Wildman–Crippen LogP) is 3.19. The summed E-state index contributed by atoms with van der Waals surface area (Å²) in [5.74, 6) is 0.424. The number of aromatic hydroxyl groups is 1. The van der Waals surface area contributed by atoms with E-state index in [1.165, 1.54) is 18.2 Å². The number of rotatable bonds is 4. The average molecular weight is 279 g/mol. The third kappa shape index (κ3) is 3.48. The van der Waals surface area contributed by atoms with Crippen molar-refractivity contribution in [1.82, 2.24) is 0 Å². The molecular weight excluding hydrogens is 266 g/mol. The van der Waals surface area contributed by atoms with Crippen LogP contribution < -0.4 is 4.74 Å². The molecule has 0 heterocycles. The van der Waals surface area contributed by atoms with Crippen LogP contribution in [0.15, 0.2) is 54.1 Å². The second kappa shape index (κ2) is 6.40. The van der Waals surface area contributed by atoms with Gasteiger partial charge in [0, 0.05) is 5.56 Å². The van der Waals surface area contributed by atoms with Gasteiger partial charge < -0.3 is 9.84 Å². The quantitative estimate of drug-likeness (QED) is 0.530. The summed E-state index contributed by atoms with van der Waals surface area (Å²) < 4.78 is 5.03. The van der Waals surface area contributed by atoms with Crippen molar-refractivity contribution in [2.75, 3.05) is 7.11 Å². The van der Waals surface area contributed by atoms with Gasteiger partial charge >= 0.3 is 0 Å². The van der Waals surface area contributed by atoms with E-state index in [4.69, 9.17) is 10.00 Å². The van der Waals surface area contributed by atoms with Crippen molar-refractivity contribution in [3.8, 4) is 17.6 Å². The Morgan fingerprint density at radius 3 is 2.29 bits per heavy atom. The Bertz CT molecular complexity index is 707. The van der Waals surface area contributed by atoms with Gasteiger partial charge in [-0.25, -0.2) is 0 Å². The number of phenolic OH excluding ortho intramolecular Hbond substituents is 1. The Labute approximate surface area is 122 Å². The number of nitrogens with zero attached hydrogens (tertiary/aromatic N) is 1. The first-order chi connectivity index (χ1) is 10.1. The van der Waals surface area contributed by atoms with Crippen LogP contribution in [0.2, 0.25) is 0 Å². The van der Waals surface area contributed by atoms with Gasteiger partial charge in [-0.1, -0.05) is 12.1 Å². The molecule has 0 atom stereocenters. The van der Waals surface area contributed by atoms with E-state index in [0.29, 0.717) is 16.9 Å². The van der Waals surface area contributed by atoms with E-state index in [2.05, 4.69) is 0 Å². The third-order valence-corrected chi connectivity index (χ3v) is 2.92. The highest BCUT2D eigenvalue weighted by molar-refractivity contribution is 6.14. The number of carbonyl (C=O) groups is 1. The van der Waals surface area contributed by atoms with E-state index in [1.54, 1.807) is 43.5 Å². The van der Waals surface area contributed by atoms with E-state index < -0.39 is 0 Å². The van der Waals surface area contributed by atoms with Crippen LogP contribution in [-0.2, 0) is 0 Å². The predicted molar refractivity (Wildman–Crippen MR) is 79.0 cm³/mol. The van der Waals surface area contributed by atoms with E-state index >= 15 is 0 Å². The smallest absolute Gasteiger partial charge is 0.203 e. The highest BCUT2D eigenvalue weighted by atomic mass is 16.5. The number of hydrogen-bond donors (Lipinski definition) is 1. The number of allylic oxidation sites excluding steroid dienone is 1. The normalized spacial score (nSPS) is 10.8. The number of hydrogen-bond acceptors (Lipinski definition) is 4. The van der Waals surface area contributed by atoms with Crippen molar-refractivity contribution >= 4 is 11.9 Å². The second-order valence-corrected chi connectivity index (χ2v) is 4.32. The summed E-state index contributed by atoms with van der Waals surface area (Å²) in [7, 11) is 1.54. The molecule has 4 heteroatoms. The van der Waals surface area contributed by atoms with Gasteiger partial charge in [-0.15, -0.1) is 0 Å². The minimum Gasteiger partial charge on any atom is -0.508 e. The fraction of sp³-hybridized carbons (Fsp3) is 0.0588. The summed E-state index contributed by atoms with van der Waals surface area (Å²) >= 11 is 0. The number of nitriles is 1. The molecule has 2 aromatic carbocycles. The van der Waals surface area contributed by atoms with E-state index in [0.717, 1.165) is 0 Å². The number of phenols is 1. The Morgan fingerprint density at radius 1 is 1.14 bits per heavy atom. The molecular formula is C17H13NO3. The van der Waals surface area contributed by atoms with Gasteiger partial charge in [-0.2, -0.15) is 5.26 Å². The molecule has 4 nitrogen and oxygen atoms in total. The van der Waals surface area contributed by atoms with Gasteiger partial charge in [0.25, 0.3) is 0 Å². The first kappa shape index (κ1) is 14.4. The van der Waals surface area contributed by atoms with Crippen molar-refractivity contribution in [2.24, 2.45) is 0 Å². The van der Waals surface area contributed by atoms with Crippen molar-refractivity contribution < 1.29 is 14.6 Å². The van der Waals surface area contributed by atoms with Crippen LogP contribution in [0, 0.1) is 11.3 Å². The molecule has 0 radical (unpaired) electrons. The Balaban J connectivity index is 2.29. The second-order valence-electron chi connectivity index (χ2n) is 4.32. The van der Waals surface area contributed by atoms with Gasteiger partial charge in [0.15, 0.2) is 0 Å². The Hall–Kier alpha value is -3.06. The lowest BCUT2D eigenvalue weighted by Crippen LogP contribution is -2.01. The van der Waals surface area contributed by atoms with Crippen LogP contribution in [0.3, 0.4) is 0 Å². The lowest BCUT2D eigenvalue weighted by atomic mass is 10.0. The zero-order valence-corrected chi connectivity index (χ0v) is 11.4. The minimum atomic E-state index is -0.353. The van der Waals surface area contributed by atoms with Crippen molar-refractivity contribution in [1.29, 1.82) is 5.26 Å². The number of Topliss-reactive ketones (excluding diaryl/α,β-unsaturated/α-hetero) is 1. The van der Waals surface area contributed by atoms with E-state index in [-0.39, 0.29) is 17.1 Å². The molecule has 0 saturated carbocycles. The van der Waals surface area contributed by atoms with E-state index in [9.17, 15) is 9.90 Å². The van der Waals surface area contributed by atoms with Crippen molar-refractivity contribution in [2.45, 2.75) is 0 Å². The fourth-order valence-electron chi connectivity index (χ4n) is 1.78. The topological polar surface area (TPSA) is 70.3 Å². The summed E-state index contributed by atoms with van der Waals surface area (Å²) in [5.41, 5.74) is 1.12. The number of methoxy groups -OCH3 is 1. The minimum absolute atomic E-state index is 0.0332. The van der Waals surface area contributed by atoms with Gasteiger partial charge in [0.05, 0.1) is 7.11 Å². The van der Waals surface area contributed by atoms with Crippen LogP contribution in [-0.4, -0.2) is 18.0 Å². The van der Waals surface area contributed by atoms with Gasteiger partial charge in [0.1, 0.15) is 23.1 Å². The number of ether oxygens (including phenoxy) is 1. The standard InChI is InChI=1S/C17H13NO3/c1-21-16-8-4-13(5-9-16)17(20)14(11-18)10-12-2-6-15(19)7-3-12/h2-10,19H,1H3/b14-10+. The molecule has 21 heavy (non-hydrogen) atoms. The molecule has 0 unspecified atom stereocenters. The third-order valence-electron chi connectivity index (χ3n) is 2.92. The molecule has 0 saturated heterocycles. The molecule has 0 amide bonds. The summed E-state index contributed by atoms with van der Waals surface area (Å²) in [5, 5.41) is 18.4. The molecule has 0 aliphatic carbocycles. The average Bonchev–Trinajstić information content (AvgIpc) is 2.54.